The Morgan fingerprint density at radius 3 is 2.38 bits per heavy atom. The maximum absolute atomic E-state index is 13.1. The second kappa shape index (κ2) is 13.4. The van der Waals surface area contributed by atoms with Crippen LogP contribution >= 0.6 is 0 Å². The number of carbonyl (C=O) groups is 3. The minimum absolute atomic E-state index is 0.0226. The molecule has 1 aromatic rings. The van der Waals surface area contributed by atoms with E-state index in [1.54, 1.807) is 0 Å². The van der Waals surface area contributed by atoms with Crippen molar-refractivity contribution in [2.75, 3.05) is 13.1 Å². The zero-order valence-electron chi connectivity index (χ0n) is 18.9. The third-order valence-corrected chi connectivity index (χ3v) is 5.42. The van der Waals surface area contributed by atoms with Crippen molar-refractivity contribution < 1.29 is 14.4 Å². The molecule has 2 amide bonds. The van der Waals surface area contributed by atoms with Crippen LogP contribution in [0.1, 0.15) is 38.7 Å². The topological polar surface area (TPSA) is 192 Å². The first-order valence-corrected chi connectivity index (χ1v) is 10.8. The number of guanidine groups is 1. The highest BCUT2D eigenvalue weighted by Crippen LogP contribution is 2.14. The van der Waals surface area contributed by atoms with Crippen LogP contribution in [0.15, 0.2) is 35.3 Å². The number of nitrogens with zero attached hydrogens (tertiary/aromatic N) is 1. The number of rotatable bonds is 14. The number of aliphatic imine (C=N–C) groups is 1. The van der Waals surface area contributed by atoms with Gasteiger partial charge in [0.15, 0.2) is 5.96 Å². The SMILES string of the molecule is CCC(C)C(NC(=O)[C@@H](N)CCCN=C(N)N)C(=O)NC(C=O)(CN)Cc1ccccc1. The highest BCUT2D eigenvalue weighted by Gasteiger charge is 2.35. The van der Waals surface area contributed by atoms with E-state index in [4.69, 9.17) is 22.9 Å². The van der Waals surface area contributed by atoms with E-state index in [-0.39, 0.29) is 24.8 Å². The van der Waals surface area contributed by atoms with E-state index in [1.807, 2.05) is 44.2 Å². The van der Waals surface area contributed by atoms with Crippen LogP contribution in [-0.2, 0) is 20.8 Å². The van der Waals surface area contributed by atoms with Crippen molar-refractivity contribution in [1.29, 1.82) is 0 Å². The standard InChI is InChI=1S/C22H37N7O3/c1-3-15(2)18(28-19(31)17(24)10-7-11-27-21(25)26)20(32)29-22(13-23,14-30)12-16-8-5-4-6-9-16/h4-6,8-9,14-15,17-18H,3,7,10-13,23-24H2,1-2H3,(H,28,31)(H,29,32)(H4,25,26,27)/t15?,17-,18?,22?/m0/s1. The Hall–Kier alpha value is -2.98. The summed E-state index contributed by atoms with van der Waals surface area (Å²) in [6.07, 6.45) is 2.40. The smallest absolute Gasteiger partial charge is 0.243 e. The molecular formula is C22H37N7O3. The monoisotopic (exact) mass is 447 g/mol. The lowest BCUT2D eigenvalue weighted by molar-refractivity contribution is -0.133. The Labute approximate surface area is 189 Å². The van der Waals surface area contributed by atoms with Crippen LogP contribution in [-0.4, -0.2) is 54.8 Å². The average Bonchev–Trinajstić information content (AvgIpc) is 2.79. The van der Waals surface area contributed by atoms with Crippen molar-refractivity contribution in [3.63, 3.8) is 0 Å². The number of benzene rings is 1. The van der Waals surface area contributed by atoms with Gasteiger partial charge in [-0.1, -0.05) is 50.6 Å². The molecule has 0 bridgehead atoms. The minimum Gasteiger partial charge on any atom is -0.370 e. The van der Waals surface area contributed by atoms with E-state index in [2.05, 4.69) is 15.6 Å². The van der Waals surface area contributed by atoms with E-state index < -0.39 is 29.4 Å². The fourth-order valence-corrected chi connectivity index (χ4v) is 3.18. The van der Waals surface area contributed by atoms with Crippen molar-refractivity contribution in [2.24, 2.45) is 33.8 Å². The molecule has 0 aromatic heterocycles. The molecule has 0 aliphatic heterocycles. The molecule has 0 radical (unpaired) electrons. The van der Waals surface area contributed by atoms with Crippen molar-refractivity contribution in [2.45, 2.75) is 57.2 Å². The van der Waals surface area contributed by atoms with Crippen LogP contribution in [0, 0.1) is 5.92 Å². The summed E-state index contributed by atoms with van der Waals surface area (Å²) in [5, 5.41) is 5.50. The van der Waals surface area contributed by atoms with Gasteiger partial charge in [0.1, 0.15) is 17.9 Å². The quantitative estimate of drug-likeness (QED) is 0.0925. The Morgan fingerprint density at radius 1 is 1.19 bits per heavy atom. The van der Waals surface area contributed by atoms with Crippen LogP contribution < -0.4 is 33.6 Å². The third kappa shape index (κ3) is 8.64. The summed E-state index contributed by atoms with van der Waals surface area (Å²) in [6, 6.07) is 7.59. The van der Waals surface area contributed by atoms with Gasteiger partial charge in [-0.25, -0.2) is 0 Å². The van der Waals surface area contributed by atoms with Crippen LogP contribution in [0.3, 0.4) is 0 Å². The van der Waals surface area contributed by atoms with E-state index in [0.717, 1.165) is 5.56 Å². The van der Waals surface area contributed by atoms with Gasteiger partial charge in [-0.2, -0.15) is 0 Å². The number of amides is 2. The molecule has 10 heteroatoms. The lowest BCUT2D eigenvalue weighted by atomic mass is 9.90. The Morgan fingerprint density at radius 2 is 1.84 bits per heavy atom. The third-order valence-electron chi connectivity index (χ3n) is 5.42. The Balaban J connectivity index is 2.88. The Kier molecular flexibility index (Phi) is 11.4. The molecule has 178 valence electrons. The molecule has 10 nitrogen and oxygen atoms in total. The highest BCUT2D eigenvalue weighted by atomic mass is 16.2. The molecule has 0 saturated heterocycles. The van der Waals surface area contributed by atoms with Crippen LogP contribution in [0.5, 0.6) is 0 Å². The van der Waals surface area contributed by atoms with Crippen molar-refractivity contribution >= 4 is 24.1 Å². The molecule has 0 spiro atoms. The van der Waals surface area contributed by atoms with Crippen LogP contribution in [0.2, 0.25) is 0 Å². The maximum atomic E-state index is 13.1. The molecule has 0 heterocycles. The molecule has 32 heavy (non-hydrogen) atoms. The van der Waals surface area contributed by atoms with Crippen LogP contribution in [0.4, 0.5) is 0 Å². The largest absolute Gasteiger partial charge is 0.370 e. The fourth-order valence-electron chi connectivity index (χ4n) is 3.18. The van der Waals surface area contributed by atoms with E-state index in [9.17, 15) is 14.4 Å². The van der Waals surface area contributed by atoms with E-state index >= 15 is 0 Å². The molecule has 0 fully saturated rings. The highest BCUT2D eigenvalue weighted by molar-refractivity contribution is 5.91. The molecule has 1 aromatic carbocycles. The van der Waals surface area contributed by atoms with E-state index in [0.29, 0.717) is 32.1 Å². The molecule has 3 unspecified atom stereocenters. The van der Waals surface area contributed by atoms with Gasteiger partial charge in [0, 0.05) is 19.5 Å². The zero-order chi connectivity index (χ0) is 24.1. The zero-order valence-corrected chi connectivity index (χ0v) is 18.9. The molecule has 0 saturated carbocycles. The van der Waals surface area contributed by atoms with Gasteiger partial charge in [0.05, 0.1) is 6.04 Å². The van der Waals surface area contributed by atoms with Crippen molar-refractivity contribution in [1.82, 2.24) is 10.6 Å². The predicted octanol–water partition coefficient (Wildman–Crippen LogP) is -0.846. The Bertz CT molecular complexity index is 768. The second-order valence-corrected chi connectivity index (χ2v) is 8.06. The number of hydrogen-bond acceptors (Lipinski definition) is 6. The molecule has 10 N–H and O–H groups in total. The second-order valence-electron chi connectivity index (χ2n) is 8.06. The fraction of sp³-hybridized carbons (Fsp3) is 0.545. The molecule has 4 atom stereocenters. The van der Waals surface area contributed by atoms with Gasteiger partial charge in [-0.05, 0) is 24.3 Å². The normalized spacial score (nSPS) is 15.5. The molecular weight excluding hydrogens is 410 g/mol. The summed E-state index contributed by atoms with van der Waals surface area (Å²) in [4.78, 5) is 41.6. The summed E-state index contributed by atoms with van der Waals surface area (Å²) in [7, 11) is 0. The van der Waals surface area contributed by atoms with Crippen LogP contribution in [0.25, 0.3) is 0 Å². The number of carbonyl (C=O) groups excluding carboxylic acids is 3. The first-order chi connectivity index (χ1) is 15.2. The van der Waals surface area contributed by atoms with Gasteiger partial charge in [-0.15, -0.1) is 0 Å². The molecule has 0 aliphatic carbocycles. The first-order valence-electron chi connectivity index (χ1n) is 10.8. The lowest BCUT2D eigenvalue weighted by Crippen LogP contribution is -2.62. The number of nitrogens with one attached hydrogen (secondary N) is 2. The average molecular weight is 448 g/mol. The van der Waals surface area contributed by atoms with Gasteiger partial charge < -0.3 is 38.4 Å². The summed E-state index contributed by atoms with van der Waals surface area (Å²) in [5.41, 5.74) is 22.0. The van der Waals surface area contributed by atoms with E-state index in [1.165, 1.54) is 0 Å². The summed E-state index contributed by atoms with van der Waals surface area (Å²) >= 11 is 0. The van der Waals surface area contributed by atoms with Gasteiger partial charge in [0.2, 0.25) is 11.8 Å². The van der Waals surface area contributed by atoms with Gasteiger partial charge in [0.25, 0.3) is 0 Å². The number of aldehydes is 1. The van der Waals surface area contributed by atoms with Gasteiger partial charge in [-0.3, -0.25) is 14.6 Å². The predicted molar refractivity (Wildman–Crippen MR) is 125 cm³/mol. The molecule has 1 rings (SSSR count). The molecule has 0 aliphatic rings. The number of hydrogen-bond donors (Lipinski definition) is 6. The number of nitrogens with two attached hydrogens (primary N) is 4. The van der Waals surface area contributed by atoms with Gasteiger partial charge >= 0.3 is 0 Å². The summed E-state index contributed by atoms with van der Waals surface area (Å²) < 4.78 is 0. The summed E-state index contributed by atoms with van der Waals surface area (Å²) in [5.74, 6) is -1.14. The van der Waals surface area contributed by atoms with Crippen molar-refractivity contribution in [3.05, 3.63) is 35.9 Å². The minimum atomic E-state index is -1.28. The first kappa shape index (κ1) is 27.1. The van der Waals surface area contributed by atoms with Crippen molar-refractivity contribution in [3.8, 4) is 0 Å². The summed E-state index contributed by atoms with van der Waals surface area (Å²) in [6.45, 7) is 4.03. The lowest BCUT2D eigenvalue weighted by Gasteiger charge is -2.32. The maximum Gasteiger partial charge on any atom is 0.243 e.